The number of hydrogen-bond donors (Lipinski definition) is 1. The Morgan fingerprint density at radius 3 is 2.71 bits per heavy atom. The van der Waals surface area contributed by atoms with Crippen LogP contribution in [0.15, 0.2) is 28.3 Å². The van der Waals surface area contributed by atoms with Gasteiger partial charge in [0.1, 0.15) is 0 Å². The first-order valence-corrected chi connectivity index (χ1v) is 7.35. The number of hydrogen-bond acceptors (Lipinski definition) is 5. The molecule has 0 spiro atoms. The normalized spacial score (nSPS) is 11.0. The Kier molecular flexibility index (Phi) is 4.46. The SMILES string of the molecule is CC(C)n1c(SCC(=O)O)nnc1-c1ccn(C)c(=O)c1. The molecule has 8 heteroatoms. The molecule has 0 saturated heterocycles. The average molecular weight is 308 g/mol. The molecule has 1 N–H and O–H groups in total. The van der Waals surface area contributed by atoms with Crippen LogP contribution < -0.4 is 5.56 Å². The highest BCUT2D eigenvalue weighted by atomic mass is 32.2. The fraction of sp³-hybridized carbons (Fsp3) is 0.385. The summed E-state index contributed by atoms with van der Waals surface area (Å²) in [5, 5.41) is 17.5. The van der Waals surface area contributed by atoms with Crippen molar-refractivity contribution in [3.8, 4) is 11.4 Å². The molecular weight excluding hydrogens is 292 g/mol. The Balaban J connectivity index is 2.46. The second-order valence-corrected chi connectivity index (χ2v) is 5.76. The number of rotatable bonds is 5. The lowest BCUT2D eigenvalue weighted by Gasteiger charge is -2.13. The lowest BCUT2D eigenvalue weighted by Crippen LogP contribution is -2.15. The van der Waals surface area contributed by atoms with Crippen molar-refractivity contribution in [2.24, 2.45) is 7.05 Å². The monoisotopic (exact) mass is 308 g/mol. The molecule has 2 aromatic heterocycles. The van der Waals surface area contributed by atoms with Crippen molar-refractivity contribution in [3.05, 3.63) is 28.7 Å². The lowest BCUT2D eigenvalue weighted by molar-refractivity contribution is -0.133. The van der Waals surface area contributed by atoms with Gasteiger partial charge >= 0.3 is 5.97 Å². The highest BCUT2D eigenvalue weighted by Gasteiger charge is 2.18. The Labute approximate surface area is 125 Å². The first kappa shape index (κ1) is 15.3. The molecule has 0 amide bonds. The summed E-state index contributed by atoms with van der Waals surface area (Å²) >= 11 is 1.11. The summed E-state index contributed by atoms with van der Waals surface area (Å²) in [6.07, 6.45) is 1.67. The molecule has 0 radical (unpaired) electrons. The summed E-state index contributed by atoms with van der Waals surface area (Å²) in [6.45, 7) is 3.91. The molecule has 112 valence electrons. The van der Waals surface area contributed by atoms with Gasteiger partial charge in [-0.15, -0.1) is 10.2 Å². The summed E-state index contributed by atoms with van der Waals surface area (Å²) < 4.78 is 3.31. The predicted molar refractivity (Wildman–Crippen MR) is 79.4 cm³/mol. The lowest BCUT2D eigenvalue weighted by atomic mass is 10.2. The van der Waals surface area contributed by atoms with E-state index in [4.69, 9.17) is 5.11 Å². The Hall–Kier alpha value is -2.09. The molecule has 0 unspecified atom stereocenters. The fourth-order valence-corrected chi connectivity index (χ4v) is 2.64. The zero-order valence-corrected chi connectivity index (χ0v) is 12.8. The number of thioether (sulfide) groups is 1. The number of aryl methyl sites for hydroxylation is 1. The van der Waals surface area contributed by atoms with Crippen LogP contribution >= 0.6 is 11.8 Å². The van der Waals surface area contributed by atoms with Crippen LogP contribution in [0.1, 0.15) is 19.9 Å². The second-order valence-electron chi connectivity index (χ2n) is 4.82. The van der Waals surface area contributed by atoms with E-state index >= 15 is 0 Å². The van der Waals surface area contributed by atoms with E-state index in [1.807, 2.05) is 18.4 Å². The summed E-state index contributed by atoms with van der Waals surface area (Å²) in [5.74, 6) is -0.425. The van der Waals surface area contributed by atoms with Crippen LogP contribution in [-0.2, 0) is 11.8 Å². The molecule has 0 aliphatic carbocycles. The molecule has 0 fully saturated rings. The molecule has 0 aliphatic rings. The molecule has 21 heavy (non-hydrogen) atoms. The van der Waals surface area contributed by atoms with Crippen molar-refractivity contribution in [1.82, 2.24) is 19.3 Å². The molecule has 0 saturated carbocycles. The van der Waals surface area contributed by atoms with Gasteiger partial charge < -0.3 is 9.67 Å². The highest BCUT2D eigenvalue weighted by Crippen LogP contribution is 2.26. The number of carboxylic acids is 1. The molecular formula is C13H16N4O3S. The van der Waals surface area contributed by atoms with Gasteiger partial charge in [0.2, 0.25) is 0 Å². The first-order chi connectivity index (χ1) is 9.90. The third kappa shape index (κ3) is 3.33. The molecule has 2 aromatic rings. The molecule has 2 heterocycles. The Morgan fingerprint density at radius 1 is 1.43 bits per heavy atom. The Morgan fingerprint density at radius 2 is 2.14 bits per heavy atom. The summed E-state index contributed by atoms with van der Waals surface area (Å²) in [4.78, 5) is 22.4. The van der Waals surface area contributed by atoms with Gasteiger partial charge in [0, 0.05) is 30.9 Å². The van der Waals surface area contributed by atoms with Crippen LogP contribution in [0, 0.1) is 0 Å². The molecule has 0 aliphatic heterocycles. The van der Waals surface area contributed by atoms with Crippen molar-refractivity contribution in [2.75, 3.05) is 5.75 Å². The number of aromatic nitrogens is 4. The maximum absolute atomic E-state index is 11.7. The number of pyridine rings is 1. The maximum atomic E-state index is 11.7. The summed E-state index contributed by atoms with van der Waals surface area (Å²) in [6, 6.07) is 3.33. The van der Waals surface area contributed by atoms with Gasteiger partial charge in [-0.05, 0) is 19.9 Å². The van der Waals surface area contributed by atoms with Crippen LogP contribution in [0.2, 0.25) is 0 Å². The minimum Gasteiger partial charge on any atom is -0.481 e. The van der Waals surface area contributed by atoms with Gasteiger partial charge in [0.25, 0.3) is 5.56 Å². The van der Waals surface area contributed by atoms with E-state index in [1.54, 1.807) is 19.3 Å². The second kappa shape index (κ2) is 6.13. The van der Waals surface area contributed by atoms with Crippen LogP contribution in [0.5, 0.6) is 0 Å². The average Bonchev–Trinajstić information content (AvgIpc) is 2.83. The third-order valence-electron chi connectivity index (χ3n) is 2.87. The van der Waals surface area contributed by atoms with Crippen LogP contribution in [0.25, 0.3) is 11.4 Å². The van der Waals surface area contributed by atoms with E-state index < -0.39 is 5.97 Å². The summed E-state index contributed by atoms with van der Waals surface area (Å²) in [5.41, 5.74) is 0.534. The zero-order chi connectivity index (χ0) is 15.6. The van der Waals surface area contributed by atoms with Crippen LogP contribution in [-0.4, -0.2) is 36.2 Å². The molecule has 0 aromatic carbocycles. The third-order valence-corrected chi connectivity index (χ3v) is 3.80. The molecule has 2 rings (SSSR count). The summed E-state index contributed by atoms with van der Waals surface area (Å²) in [7, 11) is 1.67. The van der Waals surface area contributed by atoms with E-state index in [0.29, 0.717) is 16.5 Å². The molecule has 0 bridgehead atoms. The zero-order valence-electron chi connectivity index (χ0n) is 12.0. The topological polar surface area (TPSA) is 90.0 Å². The number of aliphatic carboxylic acids is 1. The largest absolute Gasteiger partial charge is 0.481 e. The van der Waals surface area contributed by atoms with E-state index in [0.717, 1.165) is 11.8 Å². The molecule has 7 nitrogen and oxygen atoms in total. The molecule has 0 atom stereocenters. The number of carboxylic acid groups (broad SMARTS) is 1. The number of nitrogens with zero attached hydrogens (tertiary/aromatic N) is 4. The smallest absolute Gasteiger partial charge is 0.313 e. The predicted octanol–water partition coefficient (Wildman–Crippen LogP) is 1.40. The highest BCUT2D eigenvalue weighted by molar-refractivity contribution is 7.99. The van der Waals surface area contributed by atoms with Gasteiger partial charge in [-0.25, -0.2) is 0 Å². The van der Waals surface area contributed by atoms with Crippen LogP contribution in [0.4, 0.5) is 0 Å². The number of carbonyl (C=O) groups is 1. The van der Waals surface area contributed by atoms with Crippen molar-refractivity contribution in [2.45, 2.75) is 25.0 Å². The van der Waals surface area contributed by atoms with Gasteiger partial charge in [-0.1, -0.05) is 11.8 Å². The van der Waals surface area contributed by atoms with Gasteiger partial charge in [-0.3, -0.25) is 14.2 Å². The van der Waals surface area contributed by atoms with Gasteiger partial charge in [0.15, 0.2) is 11.0 Å². The van der Waals surface area contributed by atoms with E-state index in [1.165, 1.54) is 10.6 Å². The first-order valence-electron chi connectivity index (χ1n) is 6.36. The standard InChI is InChI=1S/C13H16N4O3S/c1-8(2)17-12(9-4-5-16(3)10(18)6-9)14-15-13(17)21-7-11(19)20/h4-6,8H,7H2,1-3H3,(H,19,20). The van der Waals surface area contributed by atoms with Gasteiger partial charge in [-0.2, -0.15) is 0 Å². The minimum absolute atomic E-state index is 0.0513. The maximum Gasteiger partial charge on any atom is 0.313 e. The minimum atomic E-state index is -0.909. The van der Waals surface area contributed by atoms with E-state index in [2.05, 4.69) is 10.2 Å². The van der Waals surface area contributed by atoms with E-state index in [9.17, 15) is 9.59 Å². The van der Waals surface area contributed by atoms with Crippen molar-refractivity contribution in [1.29, 1.82) is 0 Å². The van der Waals surface area contributed by atoms with Crippen molar-refractivity contribution >= 4 is 17.7 Å². The van der Waals surface area contributed by atoms with Crippen molar-refractivity contribution < 1.29 is 9.90 Å². The fourth-order valence-electron chi connectivity index (χ4n) is 1.85. The van der Waals surface area contributed by atoms with E-state index in [-0.39, 0.29) is 17.4 Å². The van der Waals surface area contributed by atoms with Crippen LogP contribution in [0.3, 0.4) is 0 Å². The van der Waals surface area contributed by atoms with Gasteiger partial charge in [0.05, 0.1) is 5.75 Å². The quantitative estimate of drug-likeness (QED) is 0.840. The van der Waals surface area contributed by atoms with Crippen molar-refractivity contribution in [3.63, 3.8) is 0 Å². The Bertz CT molecular complexity index is 720.